The number of ether oxygens (including phenoxy) is 2. The second-order valence-corrected chi connectivity index (χ2v) is 17.2. The van der Waals surface area contributed by atoms with Crippen molar-refractivity contribution in [2.75, 3.05) is 13.2 Å². The van der Waals surface area contributed by atoms with Crippen molar-refractivity contribution in [2.45, 2.75) is 225 Å². The van der Waals surface area contributed by atoms with E-state index >= 15 is 0 Å². The quantitative estimate of drug-likeness (QED) is 0.0374. The van der Waals surface area contributed by atoms with Crippen LogP contribution < -0.4 is 0 Å². The topological polar surface area (TPSA) is 72.8 Å². The van der Waals surface area contributed by atoms with Crippen LogP contribution in [0.5, 0.6) is 0 Å². The highest BCUT2D eigenvalue weighted by molar-refractivity contribution is 5.70. The number of hydrogen-bond donors (Lipinski definition) is 1. The van der Waals surface area contributed by atoms with Crippen molar-refractivity contribution < 1.29 is 24.2 Å². The van der Waals surface area contributed by atoms with Gasteiger partial charge in [0.1, 0.15) is 6.61 Å². The Bertz CT molecular complexity index is 1400. The van der Waals surface area contributed by atoms with E-state index < -0.39 is 6.10 Å². The molecule has 0 aromatic rings. The zero-order valence-electron chi connectivity index (χ0n) is 42.4. The molecule has 0 rings (SSSR count). The van der Waals surface area contributed by atoms with E-state index in [2.05, 4.69) is 148 Å². The minimum Gasteiger partial charge on any atom is -0.462 e. The summed E-state index contributed by atoms with van der Waals surface area (Å²) >= 11 is 0. The van der Waals surface area contributed by atoms with Gasteiger partial charge >= 0.3 is 11.9 Å². The average Bonchev–Trinajstić information content (AvgIpc) is 3.32. The number of aliphatic hydroxyl groups excluding tert-OH is 1. The molecule has 0 aliphatic heterocycles. The number of unbranched alkanes of at least 4 members (excludes halogenated alkanes) is 17. The van der Waals surface area contributed by atoms with Crippen molar-refractivity contribution in [1.29, 1.82) is 0 Å². The number of carbonyl (C=O) groups is 2. The summed E-state index contributed by atoms with van der Waals surface area (Å²) in [5, 5.41) is 9.63. The molecule has 0 bridgehead atoms. The Morgan fingerprint density at radius 3 is 0.909 bits per heavy atom. The normalized spacial score (nSPS) is 13.3. The fourth-order valence-electron chi connectivity index (χ4n) is 7.00. The van der Waals surface area contributed by atoms with Gasteiger partial charge in [-0.3, -0.25) is 9.59 Å². The van der Waals surface area contributed by atoms with Gasteiger partial charge in [-0.1, -0.05) is 231 Å². The first-order valence-corrected chi connectivity index (χ1v) is 26.7. The summed E-state index contributed by atoms with van der Waals surface area (Å²) in [6, 6.07) is 0. The number of hydrogen-bond acceptors (Lipinski definition) is 5. The zero-order valence-corrected chi connectivity index (χ0v) is 42.4. The minimum absolute atomic E-state index is 0.0801. The minimum atomic E-state index is -0.788. The van der Waals surface area contributed by atoms with Crippen molar-refractivity contribution in [2.24, 2.45) is 0 Å². The van der Waals surface area contributed by atoms with Crippen LogP contribution in [0.3, 0.4) is 0 Å². The van der Waals surface area contributed by atoms with E-state index in [9.17, 15) is 14.7 Å². The number of carbonyl (C=O) groups excluding carboxylic acids is 2. The Kier molecular flexibility index (Phi) is 52.0. The van der Waals surface area contributed by atoms with E-state index in [1.807, 2.05) is 0 Å². The number of allylic oxidation sites excluding steroid dienone is 22. The first-order valence-electron chi connectivity index (χ1n) is 26.7. The maximum absolute atomic E-state index is 12.3. The molecule has 0 aliphatic carbocycles. The van der Waals surface area contributed by atoms with Gasteiger partial charge in [0, 0.05) is 12.8 Å². The molecular weight excluding hydrogens is 813 g/mol. The molecule has 0 aliphatic rings. The number of aliphatic hydroxyl groups is 1. The number of esters is 2. The van der Waals surface area contributed by atoms with E-state index in [0.29, 0.717) is 12.8 Å². The van der Waals surface area contributed by atoms with Gasteiger partial charge in [-0.25, -0.2) is 0 Å². The van der Waals surface area contributed by atoms with Crippen LogP contribution in [0.25, 0.3) is 0 Å². The van der Waals surface area contributed by atoms with Crippen LogP contribution in [0.2, 0.25) is 0 Å². The molecule has 1 atom stereocenters. The molecule has 0 aromatic heterocycles. The highest BCUT2D eigenvalue weighted by Gasteiger charge is 2.16. The molecular formula is C61H98O5. The molecule has 372 valence electrons. The summed E-state index contributed by atoms with van der Waals surface area (Å²) in [4.78, 5) is 24.5. The fourth-order valence-corrected chi connectivity index (χ4v) is 7.00. The van der Waals surface area contributed by atoms with Crippen LogP contribution in [0, 0.1) is 0 Å². The third kappa shape index (κ3) is 52.7. The Morgan fingerprint density at radius 2 is 0.606 bits per heavy atom. The summed E-state index contributed by atoms with van der Waals surface area (Å²) in [5.74, 6) is -0.615. The highest BCUT2D eigenvalue weighted by Crippen LogP contribution is 2.14. The van der Waals surface area contributed by atoms with Gasteiger partial charge in [0.15, 0.2) is 6.10 Å². The molecule has 66 heavy (non-hydrogen) atoms. The van der Waals surface area contributed by atoms with Crippen LogP contribution in [-0.2, 0) is 19.1 Å². The third-order valence-electron chi connectivity index (χ3n) is 10.9. The van der Waals surface area contributed by atoms with E-state index in [-0.39, 0.29) is 25.2 Å². The van der Waals surface area contributed by atoms with Crippen molar-refractivity contribution in [1.82, 2.24) is 0 Å². The molecule has 0 saturated heterocycles. The molecule has 5 nitrogen and oxygen atoms in total. The summed E-state index contributed by atoms with van der Waals surface area (Å²) in [6.45, 7) is 3.90. The van der Waals surface area contributed by atoms with Gasteiger partial charge < -0.3 is 14.6 Å². The lowest BCUT2D eigenvalue weighted by atomic mass is 10.0. The SMILES string of the molecule is CC/C=C\C/C=C\C/C=C\C/C=C\C/C=C\C/C=C\C/C=C\C/C=C\CCCCCCCCCCCCC(=O)OC(CO)COC(=O)CCCCCCCCC/C=C\C/C=C\C/C=C\CC. The number of rotatable bonds is 47. The Morgan fingerprint density at radius 1 is 0.348 bits per heavy atom. The van der Waals surface area contributed by atoms with Crippen molar-refractivity contribution >= 4 is 11.9 Å². The third-order valence-corrected chi connectivity index (χ3v) is 10.9. The van der Waals surface area contributed by atoms with Crippen molar-refractivity contribution in [3.05, 3.63) is 134 Å². The van der Waals surface area contributed by atoms with Crippen LogP contribution in [-0.4, -0.2) is 36.4 Å². The lowest BCUT2D eigenvalue weighted by molar-refractivity contribution is -0.161. The lowest BCUT2D eigenvalue weighted by Crippen LogP contribution is -2.28. The molecule has 0 saturated carbocycles. The van der Waals surface area contributed by atoms with Crippen LogP contribution in [0.1, 0.15) is 219 Å². The summed E-state index contributed by atoms with van der Waals surface area (Å²) in [7, 11) is 0. The molecule has 1 unspecified atom stereocenters. The van der Waals surface area contributed by atoms with E-state index in [1.165, 1.54) is 77.0 Å². The lowest BCUT2D eigenvalue weighted by Gasteiger charge is -2.15. The summed E-state index contributed by atoms with van der Waals surface area (Å²) in [5.41, 5.74) is 0. The Hall–Kier alpha value is -3.96. The van der Waals surface area contributed by atoms with Gasteiger partial charge in [-0.2, -0.15) is 0 Å². The Labute approximate surface area is 406 Å². The average molecular weight is 911 g/mol. The molecule has 0 heterocycles. The van der Waals surface area contributed by atoms with E-state index in [4.69, 9.17) is 9.47 Å². The second-order valence-electron chi connectivity index (χ2n) is 17.2. The fraction of sp³-hybridized carbons (Fsp3) is 0.607. The standard InChI is InChI=1S/C61H98O5/c1-3-5-7-9-11-13-15-17-19-21-22-23-24-25-26-27-28-29-30-31-32-33-34-35-36-37-38-40-42-44-46-48-50-52-54-56-61(64)66-59(57-62)58-65-60(63)55-53-51-49-47-45-43-41-39-20-18-16-14-12-10-8-6-4-2/h5-8,11-14,17-20,22-23,25-26,28-29,31-32,34-35,59,62H,3-4,9-10,15-16,21,24,27,30,33,36-58H2,1-2H3/b7-5-,8-6-,13-11-,14-12-,19-17-,20-18-,23-22-,26-25-,29-28-,32-31-,35-34-. The predicted molar refractivity (Wildman–Crippen MR) is 288 cm³/mol. The summed E-state index contributed by atoms with van der Waals surface area (Å²) in [6.07, 6.45) is 82.6. The van der Waals surface area contributed by atoms with E-state index in [1.54, 1.807) is 0 Å². The maximum Gasteiger partial charge on any atom is 0.306 e. The van der Waals surface area contributed by atoms with Crippen LogP contribution in [0.15, 0.2) is 134 Å². The first kappa shape index (κ1) is 62.0. The van der Waals surface area contributed by atoms with Crippen LogP contribution in [0.4, 0.5) is 0 Å². The maximum atomic E-state index is 12.3. The van der Waals surface area contributed by atoms with Crippen molar-refractivity contribution in [3.63, 3.8) is 0 Å². The second kappa shape index (κ2) is 55.4. The van der Waals surface area contributed by atoms with Gasteiger partial charge in [0.05, 0.1) is 6.61 Å². The molecule has 0 fully saturated rings. The van der Waals surface area contributed by atoms with E-state index in [0.717, 1.165) is 116 Å². The highest BCUT2D eigenvalue weighted by atomic mass is 16.6. The Balaban J connectivity index is 3.58. The zero-order chi connectivity index (χ0) is 47.7. The summed E-state index contributed by atoms with van der Waals surface area (Å²) < 4.78 is 10.7. The molecule has 0 spiro atoms. The van der Waals surface area contributed by atoms with Gasteiger partial charge in [-0.05, 0) is 109 Å². The van der Waals surface area contributed by atoms with Gasteiger partial charge in [-0.15, -0.1) is 0 Å². The molecule has 0 amide bonds. The van der Waals surface area contributed by atoms with Crippen molar-refractivity contribution in [3.8, 4) is 0 Å². The van der Waals surface area contributed by atoms with Gasteiger partial charge in [0.2, 0.25) is 0 Å². The molecule has 1 N–H and O–H groups in total. The molecule has 5 heteroatoms. The van der Waals surface area contributed by atoms with Crippen LogP contribution >= 0.6 is 0 Å². The largest absolute Gasteiger partial charge is 0.462 e. The predicted octanol–water partition coefficient (Wildman–Crippen LogP) is 18.1. The monoisotopic (exact) mass is 911 g/mol. The first-order chi connectivity index (χ1) is 32.6. The molecule has 0 radical (unpaired) electrons. The molecule has 0 aromatic carbocycles. The smallest absolute Gasteiger partial charge is 0.306 e. The van der Waals surface area contributed by atoms with Gasteiger partial charge in [0.25, 0.3) is 0 Å².